The number of aryl methyl sites for hydroxylation is 1. The standard InChI is InChI=1S/C11H20N2O2S2/c1-4-10-5-6-11(16-10)8-13-17(14,15)9(2)7-12-3/h5-6,9,12-13H,4,7-8H2,1-3H3. The van der Waals surface area contributed by atoms with Crippen molar-refractivity contribution in [1.82, 2.24) is 10.0 Å². The molecule has 2 N–H and O–H groups in total. The second-order valence-corrected chi connectivity index (χ2v) is 7.39. The van der Waals surface area contributed by atoms with Crippen LogP contribution < -0.4 is 10.0 Å². The van der Waals surface area contributed by atoms with Gasteiger partial charge in [-0.25, -0.2) is 13.1 Å². The molecule has 0 bridgehead atoms. The highest BCUT2D eigenvalue weighted by Crippen LogP contribution is 2.17. The van der Waals surface area contributed by atoms with Gasteiger partial charge < -0.3 is 5.32 Å². The molecule has 0 aliphatic rings. The fourth-order valence-corrected chi connectivity index (χ4v) is 3.43. The van der Waals surface area contributed by atoms with E-state index in [1.165, 1.54) is 4.88 Å². The SMILES string of the molecule is CCc1ccc(CNS(=O)(=O)C(C)CNC)s1. The maximum atomic E-state index is 11.8. The van der Waals surface area contributed by atoms with Gasteiger partial charge in [-0.15, -0.1) is 11.3 Å². The molecule has 1 unspecified atom stereocenters. The van der Waals surface area contributed by atoms with Gasteiger partial charge in [-0.05, 0) is 32.5 Å². The molecule has 1 rings (SSSR count). The predicted molar refractivity (Wildman–Crippen MR) is 72.8 cm³/mol. The Kier molecular flexibility index (Phi) is 5.58. The number of hydrogen-bond donors (Lipinski definition) is 2. The highest BCUT2D eigenvalue weighted by Gasteiger charge is 2.19. The summed E-state index contributed by atoms with van der Waals surface area (Å²) < 4.78 is 26.3. The summed E-state index contributed by atoms with van der Waals surface area (Å²) in [7, 11) is -1.48. The van der Waals surface area contributed by atoms with E-state index in [1.807, 2.05) is 12.1 Å². The molecule has 0 amide bonds. The Hall–Kier alpha value is -0.430. The third-order valence-electron chi connectivity index (χ3n) is 2.53. The number of sulfonamides is 1. The lowest BCUT2D eigenvalue weighted by Crippen LogP contribution is -2.37. The van der Waals surface area contributed by atoms with Crippen LogP contribution in [0.1, 0.15) is 23.6 Å². The average Bonchev–Trinajstić information content (AvgIpc) is 2.75. The summed E-state index contributed by atoms with van der Waals surface area (Å²) in [5.41, 5.74) is 0. The van der Waals surface area contributed by atoms with Crippen LogP contribution in [0.5, 0.6) is 0 Å². The van der Waals surface area contributed by atoms with Gasteiger partial charge in [-0.1, -0.05) is 6.92 Å². The van der Waals surface area contributed by atoms with Gasteiger partial charge >= 0.3 is 0 Å². The third-order valence-corrected chi connectivity index (χ3v) is 5.54. The quantitative estimate of drug-likeness (QED) is 0.790. The van der Waals surface area contributed by atoms with Crippen LogP contribution in [0.4, 0.5) is 0 Å². The molecule has 0 aliphatic heterocycles. The van der Waals surface area contributed by atoms with Crippen LogP contribution in [0.2, 0.25) is 0 Å². The molecule has 6 heteroatoms. The second kappa shape index (κ2) is 6.49. The molecule has 17 heavy (non-hydrogen) atoms. The van der Waals surface area contributed by atoms with E-state index in [4.69, 9.17) is 0 Å². The van der Waals surface area contributed by atoms with Gasteiger partial charge in [0.05, 0.1) is 5.25 Å². The molecule has 0 saturated heterocycles. The van der Waals surface area contributed by atoms with Crippen LogP contribution in [-0.4, -0.2) is 27.3 Å². The van der Waals surface area contributed by atoms with E-state index in [0.29, 0.717) is 13.1 Å². The molecule has 0 saturated carbocycles. The fourth-order valence-electron chi connectivity index (χ4n) is 1.42. The Balaban J connectivity index is 2.55. The van der Waals surface area contributed by atoms with Crippen LogP contribution in [0.3, 0.4) is 0 Å². The van der Waals surface area contributed by atoms with E-state index >= 15 is 0 Å². The summed E-state index contributed by atoms with van der Waals surface area (Å²) >= 11 is 1.66. The molecule has 98 valence electrons. The summed E-state index contributed by atoms with van der Waals surface area (Å²) in [4.78, 5) is 2.34. The largest absolute Gasteiger partial charge is 0.318 e. The summed E-state index contributed by atoms with van der Waals surface area (Å²) in [5, 5.41) is 2.45. The van der Waals surface area contributed by atoms with Crippen molar-refractivity contribution in [2.24, 2.45) is 0 Å². The van der Waals surface area contributed by atoms with Crippen molar-refractivity contribution in [2.75, 3.05) is 13.6 Å². The zero-order valence-corrected chi connectivity index (χ0v) is 12.1. The molecular formula is C11H20N2O2S2. The lowest BCUT2D eigenvalue weighted by Gasteiger charge is -2.12. The van der Waals surface area contributed by atoms with E-state index in [-0.39, 0.29) is 0 Å². The highest BCUT2D eigenvalue weighted by molar-refractivity contribution is 7.90. The zero-order valence-electron chi connectivity index (χ0n) is 10.5. The summed E-state index contributed by atoms with van der Waals surface area (Å²) in [6.45, 7) is 4.64. The van der Waals surface area contributed by atoms with E-state index in [9.17, 15) is 8.42 Å². The summed E-state index contributed by atoms with van der Waals surface area (Å²) in [5.74, 6) is 0. The van der Waals surface area contributed by atoms with Crippen molar-refractivity contribution < 1.29 is 8.42 Å². The molecule has 4 nitrogen and oxygen atoms in total. The van der Waals surface area contributed by atoms with Crippen LogP contribution in [0.25, 0.3) is 0 Å². The molecule has 0 aliphatic carbocycles. The Bertz CT molecular complexity index is 440. The predicted octanol–water partition coefficient (Wildman–Crippen LogP) is 1.34. The minimum Gasteiger partial charge on any atom is -0.318 e. The minimum absolute atomic E-state index is 0.390. The smallest absolute Gasteiger partial charge is 0.215 e. The number of hydrogen-bond acceptors (Lipinski definition) is 4. The van der Waals surface area contributed by atoms with Crippen molar-refractivity contribution in [2.45, 2.75) is 32.1 Å². The fraction of sp³-hybridized carbons (Fsp3) is 0.636. The van der Waals surface area contributed by atoms with E-state index in [2.05, 4.69) is 17.0 Å². The minimum atomic E-state index is -3.22. The highest BCUT2D eigenvalue weighted by atomic mass is 32.2. The molecule has 1 heterocycles. The Labute approximate surface area is 107 Å². The van der Waals surface area contributed by atoms with Gasteiger partial charge in [0.1, 0.15) is 0 Å². The van der Waals surface area contributed by atoms with Gasteiger partial charge in [-0.3, -0.25) is 0 Å². The van der Waals surface area contributed by atoms with Gasteiger partial charge in [-0.2, -0.15) is 0 Å². The van der Waals surface area contributed by atoms with Gasteiger partial charge in [0.2, 0.25) is 10.0 Å². The molecular weight excluding hydrogens is 256 g/mol. The topological polar surface area (TPSA) is 58.2 Å². The average molecular weight is 276 g/mol. The summed E-state index contributed by atoms with van der Waals surface area (Å²) in [6.07, 6.45) is 0.994. The molecule has 0 aromatic carbocycles. The number of thiophene rings is 1. The van der Waals surface area contributed by atoms with Crippen molar-refractivity contribution >= 4 is 21.4 Å². The number of rotatable bonds is 7. The maximum Gasteiger partial charge on any atom is 0.215 e. The monoisotopic (exact) mass is 276 g/mol. The first-order chi connectivity index (χ1) is 7.99. The summed E-state index contributed by atoms with van der Waals surface area (Å²) in [6, 6.07) is 4.03. The van der Waals surface area contributed by atoms with E-state index < -0.39 is 15.3 Å². The Morgan fingerprint density at radius 3 is 2.53 bits per heavy atom. The van der Waals surface area contributed by atoms with E-state index in [1.54, 1.807) is 25.3 Å². The molecule has 0 spiro atoms. The van der Waals surface area contributed by atoms with Crippen LogP contribution >= 0.6 is 11.3 Å². The van der Waals surface area contributed by atoms with E-state index in [0.717, 1.165) is 11.3 Å². The second-order valence-electron chi connectivity index (χ2n) is 3.96. The number of nitrogens with one attached hydrogen (secondary N) is 2. The normalized spacial score (nSPS) is 13.8. The van der Waals surface area contributed by atoms with Crippen molar-refractivity contribution in [3.05, 3.63) is 21.9 Å². The molecule has 1 aromatic heterocycles. The van der Waals surface area contributed by atoms with Crippen molar-refractivity contribution in [1.29, 1.82) is 0 Å². The van der Waals surface area contributed by atoms with Crippen LogP contribution in [0.15, 0.2) is 12.1 Å². The lowest BCUT2D eigenvalue weighted by molar-refractivity contribution is 0.564. The first kappa shape index (κ1) is 14.6. The molecule has 0 fully saturated rings. The maximum absolute atomic E-state index is 11.8. The zero-order chi connectivity index (χ0) is 12.9. The Morgan fingerprint density at radius 2 is 2.00 bits per heavy atom. The van der Waals surface area contributed by atoms with Gasteiger partial charge in [0.25, 0.3) is 0 Å². The lowest BCUT2D eigenvalue weighted by atomic mass is 10.4. The van der Waals surface area contributed by atoms with Crippen molar-refractivity contribution in [3.63, 3.8) is 0 Å². The van der Waals surface area contributed by atoms with Crippen LogP contribution in [0, 0.1) is 0 Å². The Morgan fingerprint density at radius 1 is 1.35 bits per heavy atom. The molecule has 1 aromatic rings. The van der Waals surface area contributed by atoms with Crippen LogP contribution in [-0.2, 0) is 23.0 Å². The van der Waals surface area contributed by atoms with Crippen molar-refractivity contribution in [3.8, 4) is 0 Å². The molecule has 1 atom stereocenters. The first-order valence-electron chi connectivity index (χ1n) is 5.70. The first-order valence-corrected chi connectivity index (χ1v) is 8.06. The molecule has 0 radical (unpaired) electrons. The third kappa shape index (κ3) is 4.39. The van der Waals surface area contributed by atoms with Gasteiger partial charge in [0, 0.05) is 22.8 Å². The van der Waals surface area contributed by atoms with Gasteiger partial charge in [0.15, 0.2) is 0 Å².